The lowest BCUT2D eigenvalue weighted by Crippen LogP contribution is -2.01. The first-order valence-electron chi connectivity index (χ1n) is 7.18. The molecule has 0 saturated heterocycles. The second-order valence-electron chi connectivity index (χ2n) is 5.22. The van der Waals surface area contributed by atoms with E-state index in [2.05, 4.69) is 9.99 Å². The number of hydrogen-bond acceptors (Lipinski definition) is 4. The van der Waals surface area contributed by atoms with Gasteiger partial charge in [-0.3, -0.25) is 0 Å². The Morgan fingerprint density at radius 2 is 2.00 bits per heavy atom. The van der Waals surface area contributed by atoms with Crippen LogP contribution in [0.15, 0.2) is 53.2 Å². The van der Waals surface area contributed by atoms with Gasteiger partial charge >= 0.3 is 5.97 Å². The molecule has 0 fully saturated rings. The molecule has 3 rings (SSSR count). The van der Waals surface area contributed by atoms with E-state index in [1.807, 2.05) is 30.3 Å². The summed E-state index contributed by atoms with van der Waals surface area (Å²) < 4.78 is 5.77. The number of carbonyl (C=O) groups excluding carboxylic acids is 1. The van der Waals surface area contributed by atoms with Crippen molar-refractivity contribution in [2.45, 2.75) is 13.5 Å². The lowest BCUT2D eigenvalue weighted by atomic mass is 10.1. The molecule has 1 heterocycles. The molecular weight excluding hydrogens is 349 g/mol. The van der Waals surface area contributed by atoms with Crippen molar-refractivity contribution in [3.05, 3.63) is 69.2 Å². The Kier molecular flexibility index (Phi) is 4.88. The molecule has 0 N–H and O–H groups in total. The minimum Gasteiger partial charge on any atom is -0.489 e. The molecule has 0 amide bonds. The van der Waals surface area contributed by atoms with E-state index in [1.54, 1.807) is 25.1 Å². The highest BCUT2D eigenvalue weighted by atomic mass is 35.5. The number of benzene rings is 2. The number of nitrogens with zero attached hydrogens (tertiary/aromatic N) is 1. The summed E-state index contributed by atoms with van der Waals surface area (Å²) in [5.74, 6) is 0.228. The van der Waals surface area contributed by atoms with Crippen LogP contribution in [0.2, 0.25) is 10.0 Å². The van der Waals surface area contributed by atoms with Crippen molar-refractivity contribution >= 4 is 41.0 Å². The molecule has 2 aromatic carbocycles. The van der Waals surface area contributed by atoms with Gasteiger partial charge in [-0.15, -0.1) is 0 Å². The fourth-order valence-electron chi connectivity index (χ4n) is 2.18. The summed E-state index contributed by atoms with van der Waals surface area (Å²) in [6.07, 6.45) is 1.72. The highest BCUT2D eigenvalue weighted by Gasteiger charge is 2.21. The van der Waals surface area contributed by atoms with Crippen molar-refractivity contribution in [2.75, 3.05) is 0 Å². The SMILES string of the molecule is CC1=NOC(=O)/C1=C\c1cccc(OCc2ccc(Cl)c(Cl)c2)c1. The van der Waals surface area contributed by atoms with Crippen LogP contribution in [0.3, 0.4) is 0 Å². The molecule has 6 heteroatoms. The molecule has 0 saturated carbocycles. The third kappa shape index (κ3) is 3.78. The Morgan fingerprint density at radius 1 is 1.17 bits per heavy atom. The summed E-state index contributed by atoms with van der Waals surface area (Å²) in [5, 5.41) is 4.65. The van der Waals surface area contributed by atoms with Gasteiger partial charge in [-0.25, -0.2) is 4.79 Å². The summed E-state index contributed by atoms with van der Waals surface area (Å²) in [4.78, 5) is 16.2. The Labute approximate surface area is 149 Å². The first-order valence-corrected chi connectivity index (χ1v) is 7.93. The largest absolute Gasteiger partial charge is 0.489 e. The molecule has 0 radical (unpaired) electrons. The van der Waals surface area contributed by atoms with Gasteiger partial charge < -0.3 is 9.57 Å². The topological polar surface area (TPSA) is 47.9 Å². The monoisotopic (exact) mass is 361 g/mol. The van der Waals surface area contributed by atoms with Crippen molar-refractivity contribution in [3.63, 3.8) is 0 Å². The maximum Gasteiger partial charge on any atom is 0.367 e. The molecule has 1 aliphatic rings. The van der Waals surface area contributed by atoms with E-state index in [1.165, 1.54) is 0 Å². The fourth-order valence-corrected chi connectivity index (χ4v) is 2.50. The fraction of sp³-hybridized carbons (Fsp3) is 0.111. The van der Waals surface area contributed by atoms with Crippen LogP contribution >= 0.6 is 23.2 Å². The van der Waals surface area contributed by atoms with Crippen LogP contribution < -0.4 is 4.74 Å². The zero-order valence-electron chi connectivity index (χ0n) is 12.8. The first kappa shape index (κ1) is 16.6. The molecule has 0 spiro atoms. The van der Waals surface area contributed by atoms with Crippen LogP contribution in [0.1, 0.15) is 18.1 Å². The van der Waals surface area contributed by atoms with Crippen molar-refractivity contribution in [1.82, 2.24) is 0 Å². The van der Waals surface area contributed by atoms with Crippen molar-refractivity contribution in [1.29, 1.82) is 0 Å². The minimum atomic E-state index is -0.449. The molecule has 4 nitrogen and oxygen atoms in total. The summed E-state index contributed by atoms with van der Waals surface area (Å²) in [5.41, 5.74) is 2.74. The summed E-state index contributed by atoms with van der Waals surface area (Å²) in [6, 6.07) is 12.8. The van der Waals surface area contributed by atoms with Gasteiger partial charge in [0.2, 0.25) is 0 Å². The van der Waals surface area contributed by atoms with Gasteiger partial charge in [-0.05, 0) is 48.4 Å². The van der Waals surface area contributed by atoms with Crippen molar-refractivity contribution in [3.8, 4) is 5.75 Å². The smallest absolute Gasteiger partial charge is 0.367 e. The predicted molar refractivity (Wildman–Crippen MR) is 94.4 cm³/mol. The maximum atomic E-state index is 11.6. The molecule has 0 unspecified atom stereocenters. The third-order valence-corrected chi connectivity index (χ3v) is 4.17. The molecule has 0 bridgehead atoms. The van der Waals surface area contributed by atoms with Gasteiger partial charge in [0.25, 0.3) is 0 Å². The Hall–Kier alpha value is -2.30. The van der Waals surface area contributed by atoms with Gasteiger partial charge in [0, 0.05) is 0 Å². The number of hydrogen-bond donors (Lipinski definition) is 0. The first-order chi connectivity index (χ1) is 11.5. The molecular formula is C18H13Cl2NO3. The lowest BCUT2D eigenvalue weighted by molar-refractivity contribution is -0.136. The summed E-state index contributed by atoms with van der Waals surface area (Å²) >= 11 is 11.9. The maximum absolute atomic E-state index is 11.6. The number of ether oxygens (including phenoxy) is 1. The van der Waals surface area contributed by atoms with Gasteiger partial charge in [0.15, 0.2) is 0 Å². The molecule has 0 aromatic heterocycles. The van der Waals surface area contributed by atoms with E-state index in [4.69, 9.17) is 27.9 Å². The normalized spacial score (nSPS) is 15.4. The third-order valence-electron chi connectivity index (χ3n) is 3.43. The number of carbonyl (C=O) groups is 1. The zero-order chi connectivity index (χ0) is 17.1. The van der Waals surface area contributed by atoms with Crippen molar-refractivity contribution in [2.24, 2.45) is 5.16 Å². The van der Waals surface area contributed by atoms with Gasteiger partial charge in [-0.2, -0.15) is 0 Å². The molecule has 0 atom stereocenters. The van der Waals surface area contributed by atoms with Gasteiger partial charge in [-0.1, -0.05) is 46.6 Å². The standard InChI is InChI=1S/C18H13Cl2NO3/c1-11-15(18(22)24-21-11)8-12-3-2-4-14(7-12)23-10-13-5-6-16(19)17(20)9-13/h2-9H,10H2,1H3/b15-8-. The minimum absolute atomic E-state index is 0.361. The van der Waals surface area contributed by atoms with Crippen LogP contribution in [-0.4, -0.2) is 11.7 Å². The molecule has 0 aliphatic carbocycles. The molecule has 1 aliphatic heterocycles. The highest BCUT2D eigenvalue weighted by molar-refractivity contribution is 6.42. The van der Waals surface area contributed by atoms with E-state index < -0.39 is 5.97 Å². The van der Waals surface area contributed by atoms with E-state index in [-0.39, 0.29) is 0 Å². The summed E-state index contributed by atoms with van der Waals surface area (Å²) in [6.45, 7) is 2.08. The second-order valence-corrected chi connectivity index (χ2v) is 6.04. The van der Waals surface area contributed by atoms with Crippen molar-refractivity contribution < 1.29 is 14.4 Å². The highest BCUT2D eigenvalue weighted by Crippen LogP contribution is 2.24. The van der Waals surface area contributed by atoms with Gasteiger partial charge in [0.05, 0.1) is 21.3 Å². The van der Waals surface area contributed by atoms with Crippen LogP contribution in [0, 0.1) is 0 Å². The summed E-state index contributed by atoms with van der Waals surface area (Å²) in [7, 11) is 0. The molecule has 2 aromatic rings. The quantitative estimate of drug-likeness (QED) is 0.575. The molecule has 24 heavy (non-hydrogen) atoms. The van der Waals surface area contributed by atoms with E-state index in [0.29, 0.717) is 33.7 Å². The lowest BCUT2D eigenvalue weighted by Gasteiger charge is -2.08. The predicted octanol–water partition coefficient (Wildman–Crippen LogP) is 4.89. The van der Waals surface area contributed by atoms with E-state index >= 15 is 0 Å². The molecule has 122 valence electrons. The zero-order valence-corrected chi connectivity index (χ0v) is 14.3. The number of rotatable bonds is 4. The Bertz CT molecular complexity index is 859. The number of oxime groups is 1. The van der Waals surface area contributed by atoms with E-state index in [9.17, 15) is 4.79 Å². The average Bonchev–Trinajstić information content (AvgIpc) is 2.88. The van der Waals surface area contributed by atoms with Crippen LogP contribution in [0.25, 0.3) is 6.08 Å². The Balaban J connectivity index is 1.74. The van der Waals surface area contributed by atoms with E-state index in [0.717, 1.165) is 11.1 Å². The average molecular weight is 362 g/mol. The number of halogens is 2. The van der Waals surface area contributed by atoms with Crippen LogP contribution in [0.4, 0.5) is 0 Å². The van der Waals surface area contributed by atoms with Crippen LogP contribution in [-0.2, 0) is 16.2 Å². The van der Waals surface area contributed by atoms with Gasteiger partial charge in [0.1, 0.15) is 12.4 Å². The van der Waals surface area contributed by atoms with Crippen LogP contribution in [0.5, 0.6) is 5.75 Å². The second kappa shape index (κ2) is 7.07. The Morgan fingerprint density at radius 3 is 2.71 bits per heavy atom.